The zero-order valence-electron chi connectivity index (χ0n) is 13.1. The van der Waals surface area contributed by atoms with Crippen molar-refractivity contribution in [2.24, 2.45) is 0 Å². The first kappa shape index (κ1) is 16.6. The lowest BCUT2D eigenvalue weighted by molar-refractivity contribution is -0.125. The van der Waals surface area contributed by atoms with Gasteiger partial charge in [0, 0.05) is 11.9 Å². The smallest absolute Gasteiger partial charge is 0.355 e. The molecule has 0 spiro atoms. The van der Waals surface area contributed by atoms with Crippen molar-refractivity contribution in [3.05, 3.63) is 52.0 Å². The molecule has 1 saturated heterocycles. The van der Waals surface area contributed by atoms with Crippen molar-refractivity contribution in [2.75, 3.05) is 6.54 Å². The molecule has 2 N–H and O–H groups in total. The van der Waals surface area contributed by atoms with Crippen LogP contribution in [0.15, 0.2) is 35.7 Å². The second kappa shape index (κ2) is 7.55. The molecular weight excluding hydrogens is 326 g/mol. The Bertz CT molecular complexity index is 717. The maximum absolute atomic E-state index is 12.5. The summed E-state index contributed by atoms with van der Waals surface area (Å²) in [5.41, 5.74) is 1.22. The number of benzene rings is 1. The minimum atomic E-state index is -1.05. The Labute approximate surface area is 144 Å². The molecule has 0 radical (unpaired) electrons. The normalized spacial score (nSPS) is 17.8. The van der Waals surface area contributed by atoms with E-state index in [0.29, 0.717) is 5.01 Å². The quantitative estimate of drug-likeness (QED) is 0.838. The van der Waals surface area contributed by atoms with Gasteiger partial charge < -0.3 is 10.4 Å². The largest absolute Gasteiger partial charge is 0.476 e. The first-order valence-electron chi connectivity index (χ1n) is 7.87. The third-order valence-corrected chi connectivity index (χ3v) is 4.93. The monoisotopic (exact) mass is 345 g/mol. The minimum Gasteiger partial charge on any atom is -0.476 e. The number of nitrogens with one attached hydrogen (secondary N) is 1. The van der Waals surface area contributed by atoms with Crippen LogP contribution < -0.4 is 5.32 Å². The van der Waals surface area contributed by atoms with Gasteiger partial charge in [0.2, 0.25) is 5.91 Å². The summed E-state index contributed by atoms with van der Waals surface area (Å²) in [5, 5.41) is 13.8. The number of hydrogen-bond acceptors (Lipinski definition) is 5. The van der Waals surface area contributed by atoms with Gasteiger partial charge >= 0.3 is 5.97 Å². The molecule has 6 nitrogen and oxygen atoms in total. The molecule has 1 amide bonds. The molecule has 0 bridgehead atoms. The Morgan fingerprint density at radius 1 is 1.33 bits per heavy atom. The molecule has 24 heavy (non-hydrogen) atoms. The molecular formula is C17H19N3O3S. The van der Waals surface area contributed by atoms with Crippen LogP contribution >= 0.6 is 11.3 Å². The highest BCUT2D eigenvalue weighted by Crippen LogP contribution is 2.20. The molecule has 1 atom stereocenters. The van der Waals surface area contributed by atoms with Gasteiger partial charge in [-0.25, -0.2) is 9.78 Å². The van der Waals surface area contributed by atoms with E-state index in [1.54, 1.807) is 0 Å². The zero-order valence-corrected chi connectivity index (χ0v) is 14.0. The summed E-state index contributed by atoms with van der Waals surface area (Å²) in [7, 11) is 0. The predicted octanol–water partition coefficient (Wildman–Crippen LogP) is 2.12. The van der Waals surface area contributed by atoms with E-state index in [9.17, 15) is 9.59 Å². The summed E-state index contributed by atoms with van der Waals surface area (Å²) in [5.74, 6) is -1.07. The highest BCUT2D eigenvalue weighted by atomic mass is 32.1. The van der Waals surface area contributed by atoms with E-state index in [4.69, 9.17) is 5.11 Å². The molecule has 0 saturated carbocycles. The van der Waals surface area contributed by atoms with E-state index < -0.39 is 5.97 Å². The number of carboxylic acids is 1. The van der Waals surface area contributed by atoms with Crippen LogP contribution in [0.2, 0.25) is 0 Å². The second-order valence-corrected chi connectivity index (χ2v) is 6.71. The zero-order chi connectivity index (χ0) is 16.9. The summed E-state index contributed by atoms with van der Waals surface area (Å²) in [6.07, 6.45) is 1.85. The van der Waals surface area contributed by atoms with Crippen LogP contribution in [0.5, 0.6) is 0 Å². The average Bonchev–Trinajstić information content (AvgIpc) is 3.23. The molecule has 0 aliphatic carbocycles. The fourth-order valence-corrected chi connectivity index (χ4v) is 3.61. The lowest BCUT2D eigenvalue weighted by atomic mass is 10.1. The third kappa shape index (κ3) is 3.98. The second-order valence-electron chi connectivity index (χ2n) is 5.76. The van der Waals surface area contributed by atoms with Gasteiger partial charge in [-0.1, -0.05) is 30.3 Å². The van der Waals surface area contributed by atoms with Crippen molar-refractivity contribution >= 4 is 23.2 Å². The first-order chi connectivity index (χ1) is 11.6. The SMILES string of the molecule is O=C(O)c1csc(CNC(=O)C2CCCN2Cc2ccccc2)n1. The molecule has 126 valence electrons. The van der Waals surface area contributed by atoms with Gasteiger partial charge in [-0.15, -0.1) is 11.3 Å². The van der Waals surface area contributed by atoms with Gasteiger partial charge in [0.05, 0.1) is 12.6 Å². The lowest BCUT2D eigenvalue weighted by Crippen LogP contribution is -2.42. The Morgan fingerprint density at radius 3 is 2.83 bits per heavy atom. The Balaban J connectivity index is 1.56. The Morgan fingerprint density at radius 2 is 2.12 bits per heavy atom. The molecule has 3 rings (SSSR count). The minimum absolute atomic E-state index is 0.0180. The Kier molecular flexibility index (Phi) is 5.22. The van der Waals surface area contributed by atoms with Crippen LogP contribution in [-0.2, 0) is 17.9 Å². The van der Waals surface area contributed by atoms with Crippen LogP contribution in [0.4, 0.5) is 0 Å². The third-order valence-electron chi connectivity index (χ3n) is 4.08. The van der Waals surface area contributed by atoms with Crippen LogP contribution in [0.1, 0.15) is 33.9 Å². The molecule has 2 heterocycles. The maximum atomic E-state index is 12.5. The van der Waals surface area contributed by atoms with Crippen LogP contribution in [-0.4, -0.2) is 39.5 Å². The summed E-state index contributed by atoms with van der Waals surface area (Å²) < 4.78 is 0. The first-order valence-corrected chi connectivity index (χ1v) is 8.75. The highest BCUT2D eigenvalue weighted by Gasteiger charge is 2.30. The standard InChI is InChI=1S/C17H19N3O3S/c21-16(18-9-15-19-13(11-24-15)17(22)23)14-7-4-8-20(14)10-12-5-2-1-3-6-12/h1-3,5-6,11,14H,4,7-10H2,(H,18,21)(H,22,23). The molecule has 1 aliphatic rings. The number of hydrogen-bond donors (Lipinski definition) is 2. The van der Waals surface area contributed by atoms with Gasteiger partial charge in [-0.3, -0.25) is 9.69 Å². The number of amides is 1. The van der Waals surface area contributed by atoms with Crippen molar-refractivity contribution in [1.82, 2.24) is 15.2 Å². The summed E-state index contributed by atoms with van der Waals surface area (Å²) in [6.45, 7) is 1.94. The number of aromatic nitrogens is 1. The molecule has 7 heteroatoms. The van der Waals surface area contributed by atoms with E-state index in [1.807, 2.05) is 18.2 Å². The van der Waals surface area contributed by atoms with Crippen molar-refractivity contribution in [1.29, 1.82) is 0 Å². The van der Waals surface area contributed by atoms with Crippen LogP contribution in [0.25, 0.3) is 0 Å². The van der Waals surface area contributed by atoms with Gasteiger partial charge in [-0.05, 0) is 24.9 Å². The number of carbonyl (C=O) groups is 2. The number of carboxylic acid groups (broad SMARTS) is 1. The number of thiazole rings is 1. The molecule has 1 aliphatic heterocycles. The van der Waals surface area contributed by atoms with Gasteiger partial charge in [0.1, 0.15) is 5.01 Å². The Hall–Kier alpha value is -2.25. The summed E-state index contributed by atoms with van der Waals surface area (Å²) in [4.78, 5) is 29.5. The molecule has 1 unspecified atom stereocenters. The van der Waals surface area contributed by atoms with Crippen molar-refractivity contribution < 1.29 is 14.7 Å². The average molecular weight is 345 g/mol. The van der Waals surface area contributed by atoms with Crippen molar-refractivity contribution in [2.45, 2.75) is 32.0 Å². The summed E-state index contributed by atoms with van der Waals surface area (Å²) in [6, 6.07) is 9.99. The fourth-order valence-electron chi connectivity index (χ4n) is 2.90. The van der Waals surface area contributed by atoms with Crippen LogP contribution in [0.3, 0.4) is 0 Å². The molecule has 2 aromatic rings. The van der Waals surface area contributed by atoms with E-state index in [-0.39, 0.29) is 24.2 Å². The van der Waals surface area contributed by atoms with Crippen molar-refractivity contribution in [3.8, 4) is 0 Å². The number of nitrogens with zero attached hydrogens (tertiary/aromatic N) is 2. The number of carbonyl (C=O) groups excluding carboxylic acids is 1. The fraction of sp³-hybridized carbons (Fsp3) is 0.353. The van der Waals surface area contributed by atoms with E-state index in [1.165, 1.54) is 22.3 Å². The molecule has 1 aromatic carbocycles. The van der Waals surface area contributed by atoms with Crippen LogP contribution in [0, 0.1) is 0 Å². The lowest BCUT2D eigenvalue weighted by Gasteiger charge is -2.23. The number of aromatic carboxylic acids is 1. The highest BCUT2D eigenvalue weighted by molar-refractivity contribution is 7.09. The summed E-state index contributed by atoms with van der Waals surface area (Å²) >= 11 is 1.25. The number of rotatable bonds is 6. The van der Waals surface area contributed by atoms with Gasteiger partial charge in [0.15, 0.2) is 5.69 Å². The van der Waals surface area contributed by atoms with Gasteiger partial charge in [-0.2, -0.15) is 0 Å². The van der Waals surface area contributed by atoms with E-state index >= 15 is 0 Å². The number of likely N-dealkylation sites (tertiary alicyclic amines) is 1. The molecule has 1 aromatic heterocycles. The molecule has 1 fully saturated rings. The van der Waals surface area contributed by atoms with Gasteiger partial charge in [0.25, 0.3) is 0 Å². The van der Waals surface area contributed by atoms with Crippen molar-refractivity contribution in [3.63, 3.8) is 0 Å². The maximum Gasteiger partial charge on any atom is 0.355 e. The van der Waals surface area contributed by atoms with E-state index in [0.717, 1.165) is 25.9 Å². The predicted molar refractivity (Wildman–Crippen MR) is 90.8 cm³/mol. The van der Waals surface area contributed by atoms with E-state index in [2.05, 4.69) is 27.3 Å². The topological polar surface area (TPSA) is 82.5 Å².